The Kier molecular flexibility index (Phi) is 18.4. The van der Waals surface area contributed by atoms with Crippen LogP contribution in [0.1, 0.15) is 0 Å². The van der Waals surface area contributed by atoms with Crippen molar-refractivity contribution in [2.75, 3.05) is 19.6 Å². The fourth-order valence-corrected chi connectivity index (χ4v) is 19.1. The molecule has 0 aliphatic rings. The van der Waals surface area contributed by atoms with Crippen molar-refractivity contribution in [1.82, 2.24) is 9.13 Å². The fourth-order valence-electron chi connectivity index (χ4n) is 19.1. The van der Waals surface area contributed by atoms with Gasteiger partial charge in [0.15, 0.2) is 0 Å². The van der Waals surface area contributed by atoms with Crippen molar-refractivity contribution in [3.63, 3.8) is 0 Å². The lowest BCUT2D eigenvalue weighted by Crippen LogP contribution is -2.12. The first-order chi connectivity index (χ1) is 63.4. The maximum absolute atomic E-state index is 6.28. The molecule has 0 spiro atoms. The van der Waals surface area contributed by atoms with Crippen molar-refractivity contribution in [2.45, 2.75) is 0 Å². The van der Waals surface area contributed by atoms with Crippen LogP contribution in [0.4, 0.5) is 68.2 Å². The van der Waals surface area contributed by atoms with Crippen LogP contribution in [0.5, 0.6) is 0 Å². The van der Waals surface area contributed by atoms with Crippen LogP contribution < -0.4 is 19.6 Å². The third-order valence-corrected chi connectivity index (χ3v) is 25.3. The van der Waals surface area contributed by atoms with E-state index in [-0.39, 0.29) is 0 Å². The summed E-state index contributed by atoms with van der Waals surface area (Å²) in [6, 6.07) is 175. The van der Waals surface area contributed by atoms with E-state index in [1.807, 2.05) is 24.3 Å². The smallest absolute Gasteiger partial charge is 0.135 e. The third-order valence-electron chi connectivity index (χ3n) is 25.3. The summed E-state index contributed by atoms with van der Waals surface area (Å²) in [6.45, 7) is 0. The van der Waals surface area contributed by atoms with E-state index in [4.69, 9.17) is 8.83 Å². The number of para-hydroxylation sites is 8. The lowest BCUT2D eigenvalue weighted by Gasteiger charge is -2.29. The number of rotatable bonds is 19. The van der Waals surface area contributed by atoms with E-state index in [2.05, 4.69) is 490 Å². The second-order valence-corrected chi connectivity index (χ2v) is 32.8. The van der Waals surface area contributed by atoms with Gasteiger partial charge in [0.1, 0.15) is 22.3 Å². The Labute approximate surface area is 740 Å². The zero-order chi connectivity index (χ0) is 84.5. The molecule has 0 saturated carbocycles. The molecule has 8 heteroatoms. The van der Waals surface area contributed by atoms with Gasteiger partial charge in [0.25, 0.3) is 0 Å². The van der Waals surface area contributed by atoms with E-state index in [9.17, 15) is 0 Å². The molecule has 0 aliphatic carbocycles. The summed E-state index contributed by atoms with van der Waals surface area (Å²) in [5.41, 5.74) is 34.3. The van der Waals surface area contributed by atoms with Gasteiger partial charge in [-0.05, 0) is 298 Å². The van der Waals surface area contributed by atoms with Crippen molar-refractivity contribution >= 4 is 156 Å². The zero-order valence-electron chi connectivity index (χ0n) is 69.7. The first-order valence-corrected chi connectivity index (χ1v) is 43.6. The van der Waals surface area contributed by atoms with Crippen LogP contribution in [-0.4, -0.2) is 9.13 Å². The molecule has 0 radical (unpaired) electrons. The maximum atomic E-state index is 6.28. The lowest BCUT2D eigenvalue weighted by atomic mass is 10.0. The largest absolute Gasteiger partial charge is 0.456 e. The van der Waals surface area contributed by atoms with E-state index in [1.165, 1.54) is 54.7 Å². The standard InChI is InChI=1S/C120H80N6O2/c1-5-21-91(22-6-1)121(95-57-41-83(42-58-95)87-49-73-115-109(77-87)105-29-13-17-33-113(105)125(115)93-25-9-3-10-26-93)101-65-69-103(70-66-101)123(99-61-45-85(46-62-99)89-51-75-119-111(79-89)107-31-15-19-35-117(107)127-119)97-53-37-81(38-54-97)82-39-55-98(56-40-82)124(100-63-47-86(48-64-100)90-52-76-120-112(80-90)108-32-16-20-36-118(108)128-120)104-71-67-102(68-72-104)122(92-23-7-2-8-24-92)96-59-43-84(44-60-96)88-50-74-116-110(78-88)106-30-14-18-34-114(106)126(116)94-27-11-4-12-28-94/h1-80H. The Bertz CT molecular complexity index is 7750. The van der Waals surface area contributed by atoms with Crippen LogP contribution in [-0.2, 0) is 0 Å². The molecule has 0 N–H and O–H groups in total. The summed E-state index contributed by atoms with van der Waals surface area (Å²) in [7, 11) is 0. The molecule has 24 rings (SSSR count). The van der Waals surface area contributed by atoms with E-state index in [0.29, 0.717) is 0 Å². The summed E-state index contributed by atoms with van der Waals surface area (Å²) in [5, 5.41) is 9.33. The number of fused-ring (bicyclic) bond motifs is 12. The van der Waals surface area contributed by atoms with E-state index in [1.54, 1.807) is 0 Å². The minimum Gasteiger partial charge on any atom is -0.456 e. The van der Waals surface area contributed by atoms with Gasteiger partial charge in [0.05, 0.1) is 22.1 Å². The van der Waals surface area contributed by atoms with Crippen LogP contribution in [0.15, 0.2) is 494 Å². The maximum Gasteiger partial charge on any atom is 0.135 e. The van der Waals surface area contributed by atoms with Gasteiger partial charge in [-0.15, -0.1) is 0 Å². The fraction of sp³-hybridized carbons (Fsp3) is 0. The molecule has 0 unspecified atom stereocenters. The van der Waals surface area contributed by atoms with Crippen LogP contribution >= 0.6 is 0 Å². The molecule has 602 valence electrons. The molecule has 4 heterocycles. The Morgan fingerprint density at radius 3 is 0.625 bits per heavy atom. The minimum absolute atomic E-state index is 0.877. The number of anilines is 12. The highest BCUT2D eigenvalue weighted by molar-refractivity contribution is 6.13. The van der Waals surface area contributed by atoms with Crippen molar-refractivity contribution in [2.24, 2.45) is 0 Å². The molecule has 128 heavy (non-hydrogen) atoms. The van der Waals surface area contributed by atoms with Gasteiger partial charge in [-0.2, -0.15) is 0 Å². The number of aromatic nitrogens is 2. The third kappa shape index (κ3) is 13.4. The monoisotopic (exact) mass is 1640 g/mol. The zero-order valence-corrected chi connectivity index (χ0v) is 69.7. The first-order valence-electron chi connectivity index (χ1n) is 43.6. The SMILES string of the molecule is c1ccc(N(c2ccc(-c3ccc4c(c3)c3ccccc3n4-c3ccccc3)cc2)c2ccc(N(c3ccc(-c4ccc(N(c5ccc(-c6ccc7oc8ccccc8c7c6)cc5)c5ccc(N(c6ccccc6)c6ccc(-c7ccc8c(c7)c7ccccc7n8-c7ccccc7)cc6)cc5)cc4)cc3)c3ccc(-c4ccc5oc6ccccc6c5c4)cc3)cc2)cc1. The van der Waals surface area contributed by atoms with Gasteiger partial charge in [-0.3, -0.25) is 0 Å². The quantitative estimate of drug-likeness (QED) is 0.0804. The Morgan fingerprint density at radius 1 is 0.133 bits per heavy atom. The molecule has 0 fully saturated rings. The Balaban J connectivity index is 0.556. The predicted octanol–water partition coefficient (Wildman–Crippen LogP) is 33.9. The number of furan rings is 2. The topological polar surface area (TPSA) is 49.1 Å². The molecule has 0 aliphatic heterocycles. The highest BCUT2D eigenvalue weighted by atomic mass is 16.3. The average molecular weight is 1640 g/mol. The summed E-state index contributed by atoms with van der Waals surface area (Å²) >= 11 is 0. The second kappa shape index (κ2) is 31.6. The second-order valence-electron chi connectivity index (χ2n) is 32.8. The summed E-state index contributed by atoms with van der Waals surface area (Å²) in [4.78, 5) is 9.41. The van der Waals surface area contributed by atoms with Crippen LogP contribution in [0.2, 0.25) is 0 Å². The molecule has 0 amide bonds. The molecular formula is C120H80N6O2. The molecule has 20 aromatic carbocycles. The summed E-state index contributed by atoms with van der Waals surface area (Å²) in [6.07, 6.45) is 0. The van der Waals surface area contributed by atoms with Gasteiger partial charge in [-0.1, -0.05) is 243 Å². The number of hydrogen-bond donors (Lipinski definition) is 0. The summed E-state index contributed by atoms with van der Waals surface area (Å²) in [5.74, 6) is 0. The Hall–Kier alpha value is -17.2. The van der Waals surface area contributed by atoms with Crippen LogP contribution in [0, 0.1) is 0 Å². The minimum atomic E-state index is 0.877. The first kappa shape index (κ1) is 74.6. The molecular weight excluding hydrogens is 1560 g/mol. The Morgan fingerprint density at radius 2 is 0.328 bits per heavy atom. The number of benzene rings is 20. The normalized spacial score (nSPS) is 11.6. The van der Waals surface area contributed by atoms with E-state index >= 15 is 0 Å². The van der Waals surface area contributed by atoms with Crippen molar-refractivity contribution in [1.29, 1.82) is 0 Å². The highest BCUT2D eigenvalue weighted by Crippen LogP contribution is 2.47. The molecule has 0 saturated heterocycles. The molecule has 0 bridgehead atoms. The van der Waals surface area contributed by atoms with E-state index < -0.39 is 0 Å². The molecule has 24 aromatic rings. The van der Waals surface area contributed by atoms with Crippen molar-refractivity contribution in [3.8, 4) is 67.0 Å². The average Bonchev–Trinajstić information content (AvgIpc) is 1.56. The van der Waals surface area contributed by atoms with Crippen LogP contribution in [0.25, 0.3) is 154 Å². The lowest BCUT2D eigenvalue weighted by molar-refractivity contribution is 0.668. The predicted molar refractivity (Wildman–Crippen MR) is 536 cm³/mol. The van der Waals surface area contributed by atoms with Crippen molar-refractivity contribution in [3.05, 3.63) is 485 Å². The number of hydrogen-bond acceptors (Lipinski definition) is 6. The highest BCUT2D eigenvalue weighted by Gasteiger charge is 2.24. The van der Waals surface area contributed by atoms with Crippen molar-refractivity contribution < 1.29 is 8.83 Å². The number of nitrogens with zero attached hydrogens (tertiary/aromatic N) is 6. The van der Waals surface area contributed by atoms with Gasteiger partial charge in [0, 0.05) is 123 Å². The van der Waals surface area contributed by atoms with Gasteiger partial charge >= 0.3 is 0 Å². The van der Waals surface area contributed by atoms with E-state index in [0.717, 1.165) is 168 Å². The summed E-state index contributed by atoms with van der Waals surface area (Å²) < 4.78 is 17.3. The molecule has 8 nitrogen and oxygen atoms in total. The van der Waals surface area contributed by atoms with Gasteiger partial charge < -0.3 is 37.6 Å². The van der Waals surface area contributed by atoms with Crippen LogP contribution in [0.3, 0.4) is 0 Å². The van der Waals surface area contributed by atoms with Gasteiger partial charge in [0.2, 0.25) is 0 Å². The molecule has 4 aromatic heterocycles. The molecule has 0 atom stereocenters. The van der Waals surface area contributed by atoms with Gasteiger partial charge in [-0.25, -0.2) is 0 Å².